The van der Waals surface area contributed by atoms with Crippen LogP contribution in [0.1, 0.15) is 16.9 Å². The van der Waals surface area contributed by atoms with Crippen molar-refractivity contribution < 1.29 is 18.0 Å². The third-order valence-corrected chi connectivity index (χ3v) is 5.11. The van der Waals surface area contributed by atoms with Gasteiger partial charge in [-0.25, -0.2) is 13.1 Å². The lowest BCUT2D eigenvalue weighted by molar-refractivity contribution is 0.281. The molecule has 0 fully saturated rings. The first-order valence-corrected chi connectivity index (χ1v) is 8.01. The fourth-order valence-electron chi connectivity index (χ4n) is 1.65. The Kier molecular flexibility index (Phi) is 4.59. The van der Waals surface area contributed by atoms with Gasteiger partial charge in [0, 0.05) is 10.5 Å². The summed E-state index contributed by atoms with van der Waals surface area (Å²) < 4.78 is 32.5. The zero-order valence-corrected chi connectivity index (χ0v) is 13.0. The average Bonchev–Trinajstić information content (AvgIpc) is 2.92. The summed E-state index contributed by atoms with van der Waals surface area (Å²) in [6, 6.07) is 4.71. The molecule has 0 aliphatic rings. The van der Waals surface area contributed by atoms with Gasteiger partial charge >= 0.3 is 0 Å². The highest BCUT2D eigenvalue weighted by atomic mass is 79.9. The molecular formula is C12H13BrN2O4S. The van der Waals surface area contributed by atoms with Crippen molar-refractivity contribution in [2.24, 2.45) is 0 Å². The third kappa shape index (κ3) is 3.26. The van der Waals surface area contributed by atoms with Crippen molar-refractivity contribution >= 4 is 26.0 Å². The Bertz CT molecular complexity index is 698. The zero-order valence-electron chi connectivity index (χ0n) is 10.6. The van der Waals surface area contributed by atoms with E-state index < -0.39 is 10.0 Å². The van der Waals surface area contributed by atoms with E-state index >= 15 is 0 Å². The Morgan fingerprint density at radius 1 is 1.45 bits per heavy atom. The highest BCUT2D eigenvalue weighted by Gasteiger charge is 2.19. The Balaban J connectivity index is 2.31. The van der Waals surface area contributed by atoms with Crippen molar-refractivity contribution in [3.05, 3.63) is 45.8 Å². The van der Waals surface area contributed by atoms with Gasteiger partial charge in [0.15, 0.2) is 5.76 Å². The number of nitrogens with zero attached hydrogens (tertiary/aromatic N) is 1. The molecule has 0 saturated carbocycles. The van der Waals surface area contributed by atoms with Crippen LogP contribution in [0.15, 0.2) is 38.3 Å². The Labute approximate surface area is 125 Å². The number of nitrogens with one attached hydrogen (secondary N) is 1. The van der Waals surface area contributed by atoms with Crippen LogP contribution in [0.2, 0.25) is 0 Å². The molecule has 108 valence electrons. The number of aromatic nitrogens is 1. The number of aliphatic hydroxyl groups is 1. The number of hydrogen-bond acceptors (Lipinski definition) is 5. The highest BCUT2D eigenvalue weighted by Crippen LogP contribution is 2.26. The maximum absolute atomic E-state index is 12.3. The summed E-state index contributed by atoms with van der Waals surface area (Å²) in [5, 5.41) is 12.7. The molecule has 0 atom stereocenters. The van der Waals surface area contributed by atoms with Gasteiger partial charge in [0.2, 0.25) is 10.0 Å². The second-order valence-corrected chi connectivity index (χ2v) is 6.75. The van der Waals surface area contributed by atoms with E-state index in [1.54, 1.807) is 19.1 Å². The molecule has 8 heteroatoms. The lowest BCUT2D eigenvalue weighted by atomic mass is 10.2. The van der Waals surface area contributed by atoms with E-state index in [9.17, 15) is 8.42 Å². The summed E-state index contributed by atoms with van der Waals surface area (Å²) in [6.07, 6.45) is 1.44. The third-order valence-electron chi connectivity index (χ3n) is 2.76. The van der Waals surface area contributed by atoms with Gasteiger partial charge in [-0.1, -0.05) is 21.1 Å². The van der Waals surface area contributed by atoms with Crippen LogP contribution in [-0.4, -0.2) is 18.7 Å². The molecule has 2 aromatic rings. The van der Waals surface area contributed by atoms with Gasteiger partial charge in [0.05, 0.1) is 24.2 Å². The summed E-state index contributed by atoms with van der Waals surface area (Å²) >= 11 is 3.29. The van der Waals surface area contributed by atoms with Crippen molar-refractivity contribution in [3.8, 4) is 0 Å². The van der Waals surface area contributed by atoms with Crippen LogP contribution < -0.4 is 4.72 Å². The van der Waals surface area contributed by atoms with E-state index in [0.29, 0.717) is 21.4 Å². The van der Waals surface area contributed by atoms with Crippen LogP contribution in [0, 0.1) is 6.92 Å². The second kappa shape index (κ2) is 6.04. The molecule has 20 heavy (non-hydrogen) atoms. The SMILES string of the molecule is Cc1c(Br)cc(CO)cc1S(=O)(=O)NCc1ccno1. The number of rotatable bonds is 5. The minimum atomic E-state index is -3.70. The number of benzene rings is 1. The van der Waals surface area contributed by atoms with Crippen molar-refractivity contribution in [2.75, 3.05) is 0 Å². The van der Waals surface area contributed by atoms with Gasteiger partial charge in [-0.05, 0) is 30.2 Å². The maximum atomic E-state index is 12.3. The molecule has 2 N–H and O–H groups in total. The van der Waals surface area contributed by atoms with Gasteiger partial charge < -0.3 is 9.63 Å². The van der Waals surface area contributed by atoms with Crippen molar-refractivity contribution in [3.63, 3.8) is 0 Å². The molecular weight excluding hydrogens is 348 g/mol. The predicted octanol–water partition coefficient (Wildman–Crippen LogP) is 1.72. The Morgan fingerprint density at radius 2 is 2.20 bits per heavy atom. The number of sulfonamides is 1. The van der Waals surface area contributed by atoms with Crippen LogP contribution in [0.3, 0.4) is 0 Å². The summed E-state index contributed by atoms with van der Waals surface area (Å²) in [6.45, 7) is 1.47. The molecule has 0 spiro atoms. The van der Waals surface area contributed by atoms with E-state index in [-0.39, 0.29) is 18.0 Å². The summed E-state index contributed by atoms with van der Waals surface area (Å²) in [7, 11) is -3.70. The summed E-state index contributed by atoms with van der Waals surface area (Å²) in [5.41, 5.74) is 1.09. The highest BCUT2D eigenvalue weighted by molar-refractivity contribution is 9.10. The number of hydrogen-bond donors (Lipinski definition) is 2. The molecule has 0 bridgehead atoms. The molecule has 1 heterocycles. The molecule has 1 aromatic carbocycles. The largest absolute Gasteiger partial charge is 0.392 e. The van der Waals surface area contributed by atoms with Gasteiger partial charge in [-0.15, -0.1) is 0 Å². The van der Waals surface area contributed by atoms with E-state index in [4.69, 9.17) is 9.63 Å². The normalized spacial score (nSPS) is 11.8. The molecule has 0 aliphatic carbocycles. The first-order valence-electron chi connectivity index (χ1n) is 5.73. The topological polar surface area (TPSA) is 92.4 Å². The Morgan fingerprint density at radius 3 is 2.80 bits per heavy atom. The van der Waals surface area contributed by atoms with E-state index in [0.717, 1.165) is 0 Å². The molecule has 6 nitrogen and oxygen atoms in total. The molecule has 1 aromatic heterocycles. The predicted molar refractivity (Wildman–Crippen MR) is 75.3 cm³/mol. The van der Waals surface area contributed by atoms with E-state index in [2.05, 4.69) is 25.8 Å². The van der Waals surface area contributed by atoms with Gasteiger partial charge in [0.1, 0.15) is 0 Å². The van der Waals surface area contributed by atoms with E-state index in [1.807, 2.05) is 0 Å². The van der Waals surface area contributed by atoms with Crippen molar-refractivity contribution in [1.82, 2.24) is 9.88 Å². The van der Waals surface area contributed by atoms with Gasteiger partial charge in [-0.3, -0.25) is 0 Å². The average molecular weight is 361 g/mol. The standard InChI is InChI=1S/C12H13BrN2O4S/c1-8-11(13)4-9(7-16)5-12(8)20(17,18)15-6-10-2-3-14-19-10/h2-5,15-16H,6-7H2,1H3. The molecule has 0 saturated heterocycles. The van der Waals surface area contributed by atoms with Crippen LogP contribution in [0.4, 0.5) is 0 Å². The summed E-state index contributed by atoms with van der Waals surface area (Å²) in [4.78, 5) is 0.121. The first kappa shape index (κ1) is 15.2. The second-order valence-electron chi connectivity index (χ2n) is 4.16. The minimum absolute atomic E-state index is 0.0166. The molecule has 0 amide bonds. The van der Waals surface area contributed by atoms with Crippen molar-refractivity contribution in [1.29, 1.82) is 0 Å². The smallest absolute Gasteiger partial charge is 0.241 e. The van der Waals surface area contributed by atoms with Crippen LogP contribution in [0.25, 0.3) is 0 Å². The van der Waals surface area contributed by atoms with Gasteiger partial charge in [0.25, 0.3) is 0 Å². The lowest BCUT2D eigenvalue weighted by Gasteiger charge is -2.11. The fourth-order valence-corrected chi connectivity index (χ4v) is 3.60. The quantitative estimate of drug-likeness (QED) is 0.846. The minimum Gasteiger partial charge on any atom is -0.392 e. The van der Waals surface area contributed by atoms with Crippen LogP contribution in [0.5, 0.6) is 0 Å². The van der Waals surface area contributed by atoms with Crippen LogP contribution in [-0.2, 0) is 23.2 Å². The zero-order chi connectivity index (χ0) is 14.8. The summed E-state index contributed by atoms with van der Waals surface area (Å²) in [5.74, 6) is 0.420. The first-order chi connectivity index (χ1) is 9.44. The monoisotopic (exact) mass is 360 g/mol. The number of aliphatic hydroxyl groups excluding tert-OH is 1. The molecule has 0 radical (unpaired) electrons. The van der Waals surface area contributed by atoms with E-state index in [1.165, 1.54) is 12.3 Å². The maximum Gasteiger partial charge on any atom is 0.241 e. The van der Waals surface area contributed by atoms with Gasteiger partial charge in [-0.2, -0.15) is 0 Å². The molecule has 0 aliphatic heterocycles. The molecule has 0 unspecified atom stereocenters. The lowest BCUT2D eigenvalue weighted by Crippen LogP contribution is -2.24. The fraction of sp³-hybridized carbons (Fsp3) is 0.250. The Hall–Kier alpha value is -1.22. The van der Waals surface area contributed by atoms with Crippen molar-refractivity contribution in [2.45, 2.75) is 25.0 Å². The number of halogens is 1. The molecule has 2 rings (SSSR count). The van der Waals surface area contributed by atoms with Crippen LogP contribution >= 0.6 is 15.9 Å².